The van der Waals surface area contributed by atoms with Crippen molar-refractivity contribution in [3.8, 4) is 5.75 Å². The van der Waals surface area contributed by atoms with E-state index in [1.54, 1.807) is 13.1 Å². The first-order chi connectivity index (χ1) is 16.5. The predicted molar refractivity (Wildman–Crippen MR) is 128 cm³/mol. The van der Waals surface area contributed by atoms with Crippen molar-refractivity contribution in [2.45, 2.75) is 51.6 Å². The van der Waals surface area contributed by atoms with E-state index in [1.165, 1.54) is 19.3 Å². The van der Waals surface area contributed by atoms with Crippen LogP contribution in [0.1, 0.15) is 60.9 Å². The number of nitrogens with one attached hydrogen (secondary N) is 2. The fourth-order valence-corrected chi connectivity index (χ4v) is 3.84. The van der Waals surface area contributed by atoms with Gasteiger partial charge in [-0.3, -0.25) is 9.59 Å². The molecule has 0 aliphatic heterocycles. The van der Waals surface area contributed by atoms with Crippen LogP contribution in [-0.2, 0) is 16.1 Å². The van der Waals surface area contributed by atoms with Crippen LogP contribution in [0.25, 0.3) is 0 Å². The Kier molecular flexibility index (Phi) is 7.62. The first kappa shape index (κ1) is 23.5. The Bertz CT molecular complexity index is 1090. The van der Waals surface area contributed by atoms with Crippen LogP contribution in [0.5, 0.6) is 5.75 Å². The van der Waals surface area contributed by atoms with E-state index in [9.17, 15) is 9.59 Å². The van der Waals surface area contributed by atoms with Crippen LogP contribution >= 0.6 is 0 Å². The lowest BCUT2D eigenvalue weighted by atomic mass is 9.86. The van der Waals surface area contributed by atoms with Gasteiger partial charge in [-0.15, -0.1) is 0 Å². The second-order valence-electron chi connectivity index (χ2n) is 8.83. The molecule has 2 atom stereocenters. The van der Waals surface area contributed by atoms with E-state index in [1.807, 2.05) is 61.5 Å². The summed E-state index contributed by atoms with van der Waals surface area (Å²) in [5.74, 6) is 1.49. The number of aromatic nitrogens is 1. The van der Waals surface area contributed by atoms with Crippen LogP contribution < -0.4 is 15.4 Å². The largest absolute Gasteiger partial charge is 0.493 e. The van der Waals surface area contributed by atoms with Gasteiger partial charge in [0.25, 0.3) is 0 Å². The molecule has 2 N–H and O–H groups in total. The Morgan fingerprint density at radius 3 is 2.41 bits per heavy atom. The minimum absolute atomic E-state index is 0.135. The minimum atomic E-state index is -0.865. The molecule has 0 bridgehead atoms. The number of oxazole rings is 1. The van der Waals surface area contributed by atoms with Gasteiger partial charge < -0.3 is 19.8 Å². The van der Waals surface area contributed by atoms with Crippen molar-refractivity contribution in [2.75, 3.05) is 6.61 Å². The molecule has 7 nitrogen and oxygen atoms in total. The van der Waals surface area contributed by atoms with Gasteiger partial charge in [-0.2, -0.15) is 0 Å². The molecule has 1 fully saturated rings. The third-order valence-electron chi connectivity index (χ3n) is 6.25. The number of amides is 2. The Hall–Kier alpha value is -3.61. The van der Waals surface area contributed by atoms with Gasteiger partial charge in [-0.1, -0.05) is 48.9 Å². The van der Waals surface area contributed by atoms with Gasteiger partial charge in [0.1, 0.15) is 17.6 Å². The van der Waals surface area contributed by atoms with Crippen molar-refractivity contribution >= 4 is 11.8 Å². The fourth-order valence-electron chi connectivity index (χ4n) is 3.84. The van der Waals surface area contributed by atoms with Gasteiger partial charge in [-0.05, 0) is 55.9 Å². The third kappa shape index (κ3) is 6.04. The number of ether oxygens (including phenoxy) is 1. The number of hydrogen-bond donors (Lipinski definition) is 2. The molecule has 34 heavy (non-hydrogen) atoms. The first-order valence-electron chi connectivity index (χ1n) is 11.8. The summed E-state index contributed by atoms with van der Waals surface area (Å²) in [6, 6.07) is 16.0. The summed E-state index contributed by atoms with van der Waals surface area (Å²) in [6.45, 7) is 4.47. The Morgan fingerprint density at radius 2 is 1.79 bits per heavy atom. The molecule has 1 aromatic heterocycles. The molecule has 4 rings (SSSR count). The molecule has 1 aliphatic rings. The molecule has 1 saturated carbocycles. The highest BCUT2D eigenvalue weighted by molar-refractivity contribution is 5.91. The average Bonchev–Trinajstić information content (AvgIpc) is 3.25. The lowest BCUT2D eigenvalue weighted by Crippen LogP contribution is -2.41. The lowest BCUT2D eigenvalue weighted by Gasteiger charge is -2.25. The van der Waals surface area contributed by atoms with E-state index >= 15 is 0 Å². The number of hydrogen-bond acceptors (Lipinski definition) is 5. The Morgan fingerprint density at radius 1 is 1.06 bits per heavy atom. The van der Waals surface area contributed by atoms with E-state index in [4.69, 9.17) is 9.15 Å². The maximum absolute atomic E-state index is 13.1. The predicted octanol–water partition coefficient (Wildman–Crippen LogP) is 4.44. The Balaban J connectivity index is 1.46. The maximum atomic E-state index is 13.1. The highest BCUT2D eigenvalue weighted by Crippen LogP contribution is 2.27. The zero-order valence-electron chi connectivity index (χ0n) is 19.6. The van der Waals surface area contributed by atoms with Crippen molar-refractivity contribution < 1.29 is 18.7 Å². The van der Waals surface area contributed by atoms with Crippen LogP contribution in [0.3, 0.4) is 0 Å². The summed E-state index contributed by atoms with van der Waals surface area (Å²) in [5.41, 5.74) is 1.56. The summed E-state index contributed by atoms with van der Waals surface area (Å²) in [5, 5.41) is 5.74. The topological polar surface area (TPSA) is 93.5 Å². The molecule has 1 aliphatic carbocycles. The standard InChI is InChI=1S/C27H31N3O4/c1-18-15-28-24(34-18)16-29-27(32)25(30-26(31)19(2)21-9-4-3-5-10-21)22-11-13-23(14-12-22)33-17-20-7-6-8-20/h3-5,9-15,19-20,25H,6-8,16-17H2,1-2H3,(H,29,32)(H,30,31)/t19-,25+/m0/s1. The minimum Gasteiger partial charge on any atom is -0.493 e. The fraction of sp³-hybridized carbons (Fsp3) is 0.370. The number of carbonyl (C=O) groups is 2. The second kappa shape index (κ2) is 11.0. The third-order valence-corrected chi connectivity index (χ3v) is 6.25. The van der Waals surface area contributed by atoms with E-state index in [0.717, 1.165) is 11.3 Å². The molecule has 2 aromatic carbocycles. The normalized spacial score (nSPS) is 15.1. The van der Waals surface area contributed by atoms with Crippen LogP contribution in [0.4, 0.5) is 0 Å². The highest BCUT2D eigenvalue weighted by atomic mass is 16.5. The van der Waals surface area contributed by atoms with E-state index in [0.29, 0.717) is 29.7 Å². The van der Waals surface area contributed by atoms with E-state index < -0.39 is 12.0 Å². The molecule has 0 radical (unpaired) electrons. The molecule has 0 saturated heterocycles. The van der Waals surface area contributed by atoms with Crippen molar-refractivity contribution in [3.05, 3.63) is 83.6 Å². The van der Waals surface area contributed by atoms with Crippen LogP contribution in [0, 0.1) is 12.8 Å². The van der Waals surface area contributed by atoms with Gasteiger partial charge in [0.05, 0.1) is 25.3 Å². The van der Waals surface area contributed by atoms with Crippen molar-refractivity contribution in [3.63, 3.8) is 0 Å². The molecule has 178 valence electrons. The molecular formula is C27H31N3O4. The zero-order valence-corrected chi connectivity index (χ0v) is 19.6. The summed E-state index contributed by atoms with van der Waals surface area (Å²) in [4.78, 5) is 30.3. The number of rotatable bonds is 10. The van der Waals surface area contributed by atoms with Crippen molar-refractivity contribution in [2.24, 2.45) is 5.92 Å². The number of aryl methyl sites for hydroxylation is 1. The van der Waals surface area contributed by atoms with Crippen molar-refractivity contribution in [1.29, 1.82) is 0 Å². The van der Waals surface area contributed by atoms with Crippen LogP contribution in [-0.4, -0.2) is 23.4 Å². The monoisotopic (exact) mass is 461 g/mol. The molecule has 1 heterocycles. The van der Waals surface area contributed by atoms with Crippen LogP contribution in [0.2, 0.25) is 0 Å². The number of carbonyl (C=O) groups excluding carboxylic acids is 2. The molecule has 3 aromatic rings. The quantitative estimate of drug-likeness (QED) is 0.466. The van der Waals surface area contributed by atoms with Gasteiger partial charge in [-0.25, -0.2) is 4.98 Å². The SMILES string of the molecule is Cc1cnc(CNC(=O)[C@H](NC(=O)[C@@H](C)c2ccccc2)c2ccc(OCC3CCC3)cc2)o1. The summed E-state index contributed by atoms with van der Waals surface area (Å²) in [7, 11) is 0. The first-order valence-corrected chi connectivity index (χ1v) is 11.8. The molecular weight excluding hydrogens is 430 g/mol. The van der Waals surface area contributed by atoms with Crippen LogP contribution in [0.15, 0.2) is 65.2 Å². The summed E-state index contributed by atoms with van der Waals surface area (Å²) in [6.07, 6.45) is 5.31. The lowest BCUT2D eigenvalue weighted by molar-refractivity contribution is -0.129. The maximum Gasteiger partial charge on any atom is 0.247 e. The second-order valence-corrected chi connectivity index (χ2v) is 8.83. The zero-order chi connectivity index (χ0) is 23.9. The molecule has 2 amide bonds. The van der Waals surface area contributed by atoms with Gasteiger partial charge >= 0.3 is 0 Å². The number of nitrogens with zero attached hydrogens (tertiary/aromatic N) is 1. The number of benzene rings is 2. The van der Waals surface area contributed by atoms with E-state index in [2.05, 4.69) is 15.6 Å². The Labute approximate surface area is 199 Å². The average molecular weight is 462 g/mol. The van der Waals surface area contributed by atoms with Gasteiger partial charge in [0.2, 0.25) is 17.7 Å². The van der Waals surface area contributed by atoms with Crippen molar-refractivity contribution in [1.82, 2.24) is 15.6 Å². The van der Waals surface area contributed by atoms with Gasteiger partial charge in [0, 0.05) is 0 Å². The smallest absolute Gasteiger partial charge is 0.247 e. The highest BCUT2D eigenvalue weighted by Gasteiger charge is 2.26. The van der Waals surface area contributed by atoms with Gasteiger partial charge in [0.15, 0.2) is 0 Å². The summed E-state index contributed by atoms with van der Waals surface area (Å²) >= 11 is 0. The molecule has 0 spiro atoms. The van der Waals surface area contributed by atoms with E-state index in [-0.39, 0.29) is 18.4 Å². The molecule has 0 unspecified atom stereocenters. The summed E-state index contributed by atoms with van der Waals surface area (Å²) < 4.78 is 11.3. The molecule has 7 heteroatoms.